The van der Waals surface area contributed by atoms with Crippen LogP contribution in [0.3, 0.4) is 0 Å². The van der Waals surface area contributed by atoms with Gasteiger partial charge in [-0.2, -0.15) is 0 Å². The lowest BCUT2D eigenvalue weighted by Crippen LogP contribution is -2.37. The molecule has 2 aliphatic rings. The first-order valence-electron chi connectivity index (χ1n) is 8.22. The Morgan fingerprint density at radius 1 is 1.20 bits per heavy atom. The molecule has 0 spiro atoms. The number of carbonyl (C=O) groups excluding carboxylic acids is 1. The number of hydrogen-bond donors (Lipinski definition) is 1. The normalized spacial score (nSPS) is 25.3. The van der Waals surface area contributed by atoms with Gasteiger partial charge in [-0.05, 0) is 38.5 Å². The van der Waals surface area contributed by atoms with Crippen LogP contribution in [-0.2, 0) is 4.79 Å². The van der Waals surface area contributed by atoms with Gasteiger partial charge in [0.15, 0.2) is 0 Å². The van der Waals surface area contributed by atoms with Gasteiger partial charge in [0.05, 0.1) is 0 Å². The second-order valence-electron chi connectivity index (χ2n) is 6.64. The summed E-state index contributed by atoms with van der Waals surface area (Å²) in [5.74, 6) is 1.22. The fourth-order valence-electron chi connectivity index (χ4n) is 3.71. The first-order valence-corrected chi connectivity index (χ1v) is 8.22. The highest BCUT2D eigenvalue weighted by Gasteiger charge is 2.30. The monoisotopic (exact) mass is 302 g/mol. The van der Waals surface area contributed by atoms with Crippen molar-refractivity contribution in [3.63, 3.8) is 0 Å². The Hall–Kier alpha value is -0.280. The van der Waals surface area contributed by atoms with Crippen LogP contribution in [0.4, 0.5) is 0 Å². The molecule has 1 amide bonds. The van der Waals surface area contributed by atoms with Crippen molar-refractivity contribution in [3.05, 3.63) is 0 Å². The van der Waals surface area contributed by atoms with Crippen molar-refractivity contribution < 1.29 is 4.79 Å². The maximum absolute atomic E-state index is 12.3. The summed E-state index contributed by atoms with van der Waals surface area (Å²) in [7, 11) is 0. The lowest BCUT2D eigenvalue weighted by atomic mass is 9.84. The lowest BCUT2D eigenvalue weighted by molar-refractivity contribution is -0.132. The Morgan fingerprint density at radius 3 is 2.55 bits per heavy atom. The van der Waals surface area contributed by atoms with Crippen LogP contribution < -0.4 is 5.73 Å². The third kappa shape index (κ3) is 5.25. The minimum Gasteiger partial charge on any atom is -0.340 e. The minimum absolute atomic E-state index is 0. The number of nitrogens with zero attached hydrogens (tertiary/aromatic N) is 1. The Bertz CT molecular complexity index is 290. The Morgan fingerprint density at radius 2 is 1.90 bits per heavy atom. The van der Waals surface area contributed by atoms with E-state index in [4.69, 9.17) is 5.73 Å². The summed E-state index contributed by atoms with van der Waals surface area (Å²) in [6, 6.07) is 0.673. The van der Waals surface area contributed by atoms with Crippen LogP contribution in [-0.4, -0.2) is 29.4 Å². The van der Waals surface area contributed by atoms with Gasteiger partial charge in [0.2, 0.25) is 5.91 Å². The maximum atomic E-state index is 12.3. The molecule has 3 nitrogen and oxygen atoms in total. The van der Waals surface area contributed by atoms with Gasteiger partial charge in [-0.3, -0.25) is 4.79 Å². The van der Waals surface area contributed by atoms with Crippen LogP contribution in [0.2, 0.25) is 0 Å². The number of nitrogens with two attached hydrogens (primary N) is 1. The Balaban J connectivity index is 0.00000200. The molecule has 1 saturated carbocycles. The summed E-state index contributed by atoms with van der Waals surface area (Å²) in [5.41, 5.74) is 5.75. The average Bonchev–Trinajstić information content (AvgIpc) is 2.85. The van der Waals surface area contributed by atoms with E-state index in [1.165, 1.54) is 51.4 Å². The molecule has 1 aliphatic carbocycles. The van der Waals surface area contributed by atoms with Gasteiger partial charge >= 0.3 is 0 Å². The molecule has 0 aromatic heterocycles. The standard InChI is InChI=1S/C16H30N2O.ClH/c1-13(17)9-10-16(19)18-11-5-8-15(18)12-14-6-3-2-4-7-14;/h13-15H,2-12,17H2,1H3;1H. The maximum Gasteiger partial charge on any atom is 0.222 e. The number of hydrogen-bond acceptors (Lipinski definition) is 2. The highest BCUT2D eigenvalue weighted by Crippen LogP contribution is 2.32. The molecule has 4 heteroatoms. The number of likely N-dealkylation sites (tertiary alicyclic amines) is 1. The quantitative estimate of drug-likeness (QED) is 0.845. The molecule has 0 aromatic rings. The molecule has 0 aromatic carbocycles. The van der Waals surface area contributed by atoms with Crippen molar-refractivity contribution in [1.82, 2.24) is 4.90 Å². The molecule has 2 fully saturated rings. The molecule has 2 unspecified atom stereocenters. The third-order valence-electron chi connectivity index (χ3n) is 4.84. The molecular weight excluding hydrogens is 272 g/mol. The van der Waals surface area contributed by atoms with Crippen molar-refractivity contribution in [2.45, 2.75) is 83.2 Å². The third-order valence-corrected chi connectivity index (χ3v) is 4.84. The van der Waals surface area contributed by atoms with Gasteiger partial charge in [0.1, 0.15) is 0 Å². The summed E-state index contributed by atoms with van der Waals surface area (Å²) in [6.45, 7) is 2.96. The summed E-state index contributed by atoms with van der Waals surface area (Å²) in [5, 5.41) is 0. The first kappa shape index (κ1) is 17.8. The molecule has 0 bridgehead atoms. The number of carbonyl (C=O) groups is 1. The van der Waals surface area contributed by atoms with Crippen molar-refractivity contribution in [3.8, 4) is 0 Å². The van der Waals surface area contributed by atoms with E-state index in [0.29, 0.717) is 18.4 Å². The summed E-state index contributed by atoms with van der Waals surface area (Å²) in [6.07, 6.45) is 12.1. The largest absolute Gasteiger partial charge is 0.340 e. The van der Waals surface area contributed by atoms with Gasteiger partial charge in [-0.1, -0.05) is 32.1 Å². The molecule has 118 valence electrons. The second-order valence-corrected chi connectivity index (χ2v) is 6.64. The van der Waals surface area contributed by atoms with E-state index in [1.807, 2.05) is 6.92 Å². The highest BCUT2D eigenvalue weighted by molar-refractivity contribution is 5.85. The van der Waals surface area contributed by atoms with Crippen molar-refractivity contribution in [1.29, 1.82) is 0 Å². The zero-order chi connectivity index (χ0) is 13.7. The minimum atomic E-state index is 0. The highest BCUT2D eigenvalue weighted by atomic mass is 35.5. The van der Waals surface area contributed by atoms with Gasteiger partial charge in [-0.25, -0.2) is 0 Å². The number of halogens is 1. The predicted octanol–water partition coefficient (Wildman–Crippen LogP) is 3.50. The van der Waals surface area contributed by atoms with Crippen LogP contribution >= 0.6 is 12.4 Å². The number of rotatable bonds is 5. The van der Waals surface area contributed by atoms with Crippen LogP contribution in [0.5, 0.6) is 0 Å². The SMILES string of the molecule is CC(N)CCC(=O)N1CCCC1CC1CCCCC1.Cl. The molecule has 1 heterocycles. The van der Waals surface area contributed by atoms with E-state index >= 15 is 0 Å². The Kier molecular flexibility index (Phi) is 7.90. The van der Waals surface area contributed by atoms with Gasteiger partial charge in [0.25, 0.3) is 0 Å². The predicted molar refractivity (Wildman–Crippen MR) is 86.1 cm³/mol. The summed E-state index contributed by atoms with van der Waals surface area (Å²) >= 11 is 0. The molecule has 2 N–H and O–H groups in total. The van der Waals surface area contributed by atoms with Crippen LogP contribution in [0.1, 0.15) is 71.1 Å². The second kappa shape index (κ2) is 8.89. The van der Waals surface area contributed by atoms with Gasteiger partial charge < -0.3 is 10.6 Å². The van der Waals surface area contributed by atoms with E-state index in [0.717, 1.165) is 18.9 Å². The van der Waals surface area contributed by atoms with Crippen molar-refractivity contribution in [2.75, 3.05) is 6.54 Å². The first-order chi connectivity index (χ1) is 9.16. The smallest absolute Gasteiger partial charge is 0.222 e. The fourth-order valence-corrected chi connectivity index (χ4v) is 3.71. The topological polar surface area (TPSA) is 46.3 Å². The average molecular weight is 303 g/mol. The van der Waals surface area contributed by atoms with Crippen molar-refractivity contribution >= 4 is 18.3 Å². The molecule has 0 radical (unpaired) electrons. The molecule has 1 saturated heterocycles. The van der Waals surface area contributed by atoms with E-state index in [-0.39, 0.29) is 18.4 Å². The molecule has 1 aliphatic heterocycles. The Labute approximate surface area is 130 Å². The molecule has 2 atom stereocenters. The van der Waals surface area contributed by atoms with E-state index in [9.17, 15) is 4.79 Å². The van der Waals surface area contributed by atoms with E-state index < -0.39 is 0 Å². The van der Waals surface area contributed by atoms with Gasteiger partial charge in [-0.15, -0.1) is 12.4 Å². The van der Waals surface area contributed by atoms with Gasteiger partial charge in [0, 0.05) is 25.0 Å². The summed E-state index contributed by atoms with van der Waals surface area (Å²) < 4.78 is 0. The van der Waals surface area contributed by atoms with Crippen LogP contribution in [0.25, 0.3) is 0 Å². The zero-order valence-electron chi connectivity index (χ0n) is 12.9. The fraction of sp³-hybridized carbons (Fsp3) is 0.938. The van der Waals surface area contributed by atoms with Crippen molar-refractivity contribution in [2.24, 2.45) is 11.7 Å². The van der Waals surface area contributed by atoms with E-state index in [1.54, 1.807) is 0 Å². The van der Waals surface area contributed by atoms with Crippen LogP contribution in [0, 0.1) is 5.92 Å². The number of amides is 1. The lowest BCUT2D eigenvalue weighted by Gasteiger charge is -2.30. The zero-order valence-corrected chi connectivity index (χ0v) is 13.7. The molecular formula is C16H31ClN2O. The van der Waals surface area contributed by atoms with Crippen LogP contribution in [0.15, 0.2) is 0 Å². The van der Waals surface area contributed by atoms with E-state index in [2.05, 4.69) is 4.90 Å². The molecule has 20 heavy (non-hydrogen) atoms. The summed E-state index contributed by atoms with van der Waals surface area (Å²) in [4.78, 5) is 14.4. The molecule has 2 rings (SSSR count).